The second kappa shape index (κ2) is 7.32. The molecule has 0 aromatic carbocycles. The van der Waals surface area contributed by atoms with E-state index in [1.54, 1.807) is 0 Å². The summed E-state index contributed by atoms with van der Waals surface area (Å²) in [5.74, 6) is -2.32. The minimum Gasteiger partial charge on any atom is -0.456 e. The van der Waals surface area contributed by atoms with Crippen molar-refractivity contribution in [3.8, 4) is 0 Å². The third-order valence-electron chi connectivity index (χ3n) is 2.67. The van der Waals surface area contributed by atoms with E-state index in [-0.39, 0.29) is 0 Å². The van der Waals surface area contributed by atoms with E-state index in [4.69, 9.17) is 18.9 Å². The quantitative estimate of drug-likeness (QED) is 0.545. The van der Waals surface area contributed by atoms with Crippen molar-refractivity contribution >= 4 is 17.9 Å². The van der Waals surface area contributed by atoms with Gasteiger partial charge in [0.25, 0.3) is 0 Å². The molecule has 1 fully saturated rings. The molecule has 1 aliphatic rings. The largest absolute Gasteiger partial charge is 0.456 e. The summed E-state index contributed by atoms with van der Waals surface area (Å²) in [6.07, 6.45) is -7.21. The Kier molecular flexibility index (Phi) is 6.03. The summed E-state index contributed by atoms with van der Waals surface area (Å²) in [4.78, 5) is 33.3. The fourth-order valence-corrected chi connectivity index (χ4v) is 2.00. The molecule has 1 saturated heterocycles. The van der Waals surface area contributed by atoms with E-state index >= 15 is 0 Å². The molecule has 21 heavy (non-hydrogen) atoms. The average molecular weight is 308 g/mol. The summed E-state index contributed by atoms with van der Waals surface area (Å²) in [5, 5.41) is 9.76. The number of aliphatic hydroxyl groups excluding tert-OH is 1. The molecule has 0 aliphatic carbocycles. The van der Waals surface area contributed by atoms with Gasteiger partial charge in [0.2, 0.25) is 0 Å². The molecule has 0 spiro atoms. The lowest BCUT2D eigenvalue weighted by Gasteiger charge is -2.42. The van der Waals surface area contributed by atoms with Crippen LogP contribution in [0.1, 0.15) is 20.8 Å². The van der Waals surface area contributed by atoms with Crippen LogP contribution in [-0.2, 0) is 33.3 Å². The molecule has 0 radical (unpaired) electrons. The Morgan fingerprint density at radius 2 is 1.38 bits per heavy atom. The highest BCUT2D eigenvalue weighted by atomic mass is 19.1. The maximum absolute atomic E-state index is 13.0. The van der Waals surface area contributed by atoms with Gasteiger partial charge < -0.3 is 24.1 Å². The van der Waals surface area contributed by atoms with Gasteiger partial charge in [-0.05, 0) is 0 Å². The molecule has 8 nitrogen and oxygen atoms in total. The van der Waals surface area contributed by atoms with Gasteiger partial charge in [0.15, 0.2) is 24.6 Å². The van der Waals surface area contributed by atoms with Gasteiger partial charge in [0.05, 0.1) is 0 Å². The molecule has 0 aromatic heterocycles. The number of carbonyl (C=O) groups is 3. The van der Waals surface area contributed by atoms with Crippen molar-refractivity contribution in [1.29, 1.82) is 0 Å². The molecule has 0 unspecified atom stereocenters. The number of ether oxygens (including phenoxy) is 4. The number of rotatable bonds is 4. The summed E-state index contributed by atoms with van der Waals surface area (Å²) >= 11 is 0. The second-order valence-electron chi connectivity index (χ2n) is 4.44. The molecule has 1 rings (SSSR count). The normalized spacial score (nSPS) is 32.1. The zero-order valence-electron chi connectivity index (χ0n) is 11.8. The topological polar surface area (TPSA) is 108 Å². The first-order valence-electron chi connectivity index (χ1n) is 6.17. The van der Waals surface area contributed by atoms with Gasteiger partial charge in [-0.25, -0.2) is 4.39 Å². The summed E-state index contributed by atoms with van der Waals surface area (Å²) in [7, 11) is 0. The van der Waals surface area contributed by atoms with E-state index in [0.29, 0.717) is 0 Å². The van der Waals surface area contributed by atoms with Crippen LogP contribution in [0.25, 0.3) is 0 Å². The molecule has 1 heterocycles. The zero-order valence-corrected chi connectivity index (χ0v) is 11.8. The number of hydrogen-bond donors (Lipinski definition) is 1. The van der Waals surface area contributed by atoms with E-state index < -0.39 is 55.3 Å². The Balaban J connectivity index is 3.08. The maximum atomic E-state index is 13.0. The summed E-state index contributed by atoms with van der Waals surface area (Å²) in [5.41, 5.74) is 0. The third-order valence-corrected chi connectivity index (χ3v) is 2.67. The van der Waals surface area contributed by atoms with Crippen LogP contribution in [0.15, 0.2) is 0 Å². The van der Waals surface area contributed by atoms with Crippen molar-refractivity contribution in [3.05, 3.63) is 0 Å². The minimum absolute atomic E-state index is 0.767. The first-order chi connectivity index (χ1) is 9.76. The lowest BCUT2D eigenvalue weighted by atomic mass is 9.98. The van der Waals surface area contributed by atoms with Gasteiger partial charge in [0.1, 0.15) is 12.8 Å². The fraction of sp³-hybridized carbons (Fsp3) is 0.750. The fourth-order valence-electron chi connectivity index (χ4n) is 2.00. The molecule has 9 heteroatoms. The van der Waals surface area contributed by atoms with Gasteiger partial charge >= 0.3 is 17.9 Å². The molecule has 0 bridgehead atoms. The SMILES string of the molecule is CC(=O)O[C@@H]1[C@@H](OC(C)=O)[C@H](O)O[C@H](CF)[C@@H]1OC(C)=O. The first-order valence-corrected chi connectivity index (χ1v) is 6.17. The number of halogens is 1. The van der Waals surface area contributed by atoms with E-state index in [0.717, 1.165) is 20.8 Å². The van der Waals surface area contributed by atoms with Gasteiger partial charge in [0, 0.05) is 20.8 Å². The molecular weight excluding hydrogens is 291 g/mol. The Morgan fingerprint density at radius 1 is 0.952 bits per heavy atom. The third kappa shape index (κ3) is 4.64. The van der Waals surface area contributed by atoms with Crippen LogP contribution in [0.5, 0.6) is 0 Å². The number of alkyl halides is 1. The molecule has 0 amide bonds. The van der Waals surface area contributed by atoms with Crippen LogP contribution in [-0.4, -0.2) is 60.4 Å². The van der Waals surface area contributed by atoms with Crippen LogP contribution in [0.4, 0.5) is 4.39 Å². The highest BCUT2D eigenvalue weighted by molar-refractivity contribution is 5.68. The smallest absolute Gasteiger partial charge is 0.303 e. The Labute approximate surface area is 120 Å². The number of aliphatic hydroxyl groups is 1. The zero-order chi connectivity index (χ0) is 16.2. The monoisotopic (exact) mass is 308 g/mol. The summed E-state index contributed by atoms with van der Waals surface area (Å²) in [6, 6.07) is 0. The number of esters is 3. The molecule has 0 saturated carbocycles. The van der Waals surface area contributed by atoms with Crippen LogP contribution < -0.4 is 0 Å². The van der Waals surface area contributed by atoms with Gasteiger partial charge in [-0.1, -0.05) is 0 Å². The lowest BCUT2D eigenvalue weighted by Crippen LogP contribution is -2.61. The van der Waals surface area contributed by atoms with Gasteiger partial charge in [-0.2, -0.15) is 0 Å². The Hall–Kier alpha value is -1.74. The van der Waals surface area contributed by atoms with Gasteiger partial charge in [-0.15, -0.1) is 0 Å². The Morgan fingerprint density at radius 3 is 1.81 bits per heavy atom. The van der Waals surface area contributed by atoms with Crippen LogP contribution >= 0.6 is 0 Å². The molecular formula is C12H17FO8. The van der Waals surface area contributed by atoms with Crippen molar-refractivity contribution in [2.24, 2.45) is 0 Å². The lowest BCUT2D eigenvalue weighted by molar-refractivity contribution is -0.292. The minimum atomic E-state index is -1.72. The number of carbonyl (C=O) groups excluding carboxylic acids is 3. The predicted molar refractivity (Wildman–Crippen MR) is 63.5 cm³/mol. The highest BCUT2D eigenvalue weighted by Gasteiger charge is 2.51. The predicted octanol–water partition coefficient (Wildman–Crippen LogP) is -0.532. The molecule has 120 valence electrons. The van der Waals surface area contributed by atoms with Crippen molar-refractivity contribution in [2.75, 3.05) is 6.67 Å². The first kappa shape index (κ1) is 17.3. The van der Waals surface area contributed by atoms with Crippen molar-refractivity contribution < 1.29 is 42.8 Å². The van der Waals surface area contributed by atoms with Crippen molar-refractivity contribution in [1.82, 2.24) is 0 Å². The van der Waals surface area contributed by atoms with Crippen LogP contribution in [0.3, 0.4) is 0 Å². The Bertz CT molecular complexity index is 412. The van der Waals surface area contributed by atoms with E-state index in [9.17, 15) is 23.9 Å². The summed E-state index contributed by atoms with van der Waals surface area (Å²) < 4.78 is 32.5. The van der Waals surface area contributed by atoms with E-state index in [1.807, 2.05) is 0 Å². The molecule has 0 aromatic rings. The van der Waals surface area contributed by atoms with Crippen LogP contribution in [0.2, 0.25) is 0 Å². The van der Waals surface area contributed by atoms with E-state index in [1.165, 1.54) is 0 Å². The average Bonchev–Trinajstić information content (AvgIpc) is 2.35. The van der Waals surface area contributed by atoms with Crippen molar-refractivity contribution in [2.45, 2.75) is 51.5 Å². The van der Waals surface area contributed by atoms with E-state index in [2.05, 4.69) is 0 Å². The standard InChI is InChI=1S/C12H17FO8/c1-5(14)18-9-8(4-13)21-12(17)11(20-7(3)16)10(9)19-6(2)15/h8-12,17H,4H2,1-3H3/t8-,9+,10+,11-,12-/m1/s1. The maximum Gasteiger partial charge on any atom is 0.303 e. The molecule has 1 N–H and O–H groups in total. The highest BCUT2D eigenvalue weighted by Crippen LogP contribution is 2.28. The number of hydrogen-bond acceptors (Lipinski definition) is 8. The summed E-state index contributed by atoms with van der Waals surface area (Å²) in [6.45, 7) is 2.12. The van der Waals surface area contributed by atoms with Gasteiger partial charge in [-0.3, -0.25) is 14.4 Å². The molecule has 5 atom stereocenters. The molecule has 1 aliphatic heterocycles. The van der Waals surface area contributed by atoms with Crippen LogP contribution in [0, 0.1) is 0 Å². The second-order valence-corrected chi connectivity index (χ2v) is 4.44. The van der Waals surface area contributed by atoms with Crippen molar-refractivity contribution in [3.63, 3.8) is 0 Å².